The molecule has 2 unspecified atom stereocenters. The Balaban J connectivity index is 1.29. The van der Waals surface area contributed by atoms with Crippen molar-refractivity contribution in [2.24, 2.45) is 17.1 Å². The molecule has 0 saturated heterocycles. The average Bonchev–Trinajstić information content (AvgIpc) is 2.98. The number of hydrogen-bond acceptors (Lipinski definition) is 4. The highest BCUT2D eigenvalue weighted by atomic mass is 19.1. The van der Waals surface area contributed by atoms with Gasteiger partial charge in [-0.2, -0.15) is 5.26 Å². The number of carbonyl (C=O) groups is 2. The second-order valence-electron chi connectivity index (χ2n) is 12.0. The number of primary amides is 1. The Morgan fingerprint density at radius 3 is 2.67 bits per heavy atom. The van der Waals surface area contributed by atoms with Crippen molar-refractivity contribution >= 4 is 17.5 Å². The van der Waals surface area contributed by atoms with E-state index < -0.39 is 11.3 Å². The van der Waals surface area contributed by atoms with E-state index in [1.165, 1.54) is 0 Å². The Labute approximate surface area is 247 Å². The standard InChI is InChI=1S/C35H37FN4O2/c1-22-6-12-29(30(17-22)33(38)41)26-14-15-35(3,32(36)19-26)21-40-16-4-5-27-18-28(11-13-31(27)40)34(42)39-23(2)25-9-7-24(20-37)8-10-25/h7-14,17-19,22-23H,4-6,15-16,21H2,1-3H3,(H2,38,41)(H,39,42)/t22?,23-,35?/m0/s1. The van der Waals surface area contributed by atoms with Crippen molar-refractivity contribution in [1.82, 2.24) is 5.32 Å². The van der Waals surface area contributed by atoms with Crippen molar-refractivity contribution in [2.75, 3.05) is 18.0 Å². The molecule has 0 radical (unpaired) electrons. The van der Waals surface area contributed by atoms with Gasteiger partial charge < -0.3 is 16.0 Å². The number of nitrogens with zero attached hydrogens (tertiary/aromatic N) is 2. The van der Waals surface area contributed by atoms with Crippen LogP contribution in [0.15, 0.2) is 89.3 Å². The van der Waals surface area contributed by atoms with Crippen LogP contribution in [0.1, 0.15) is 73.1 Å². The maximum atomic E-state index is 15.8. The number of nitrogens with two attached hydrogens (primary N) is 1. The van der Waals surface area contributed by atoms with Gasteiger partial charge in [-0.1, -0.05) is 44.2 Å². The van der Waals surface area contributed by atoms with Crippen LogP contribution in [-0.2, 0) is 11.2 Å². The zero-order chi connectivity index (χ0) is 30.0. The van der Waals surface area contributed by atoms with Crippen LogP contribution >= 0.6 is 0 Å². The highest BCUT2D eigenvalue weighted by molar-refractivity contribution is 5.98. The third kappa shape index (κ3) is 5.94. The summed E-state index contributed by atoms with van der Waals surface area (Å²) in [4.78, 5) is 27.4. The lowest BCUT2D eigenvalue weighted by Gasteiger charge is -2.40. The molecule has 0 bridgehead atoms. The van der Waals surface area contributed by atoms with Crippen LogP contribution in [0, 0.1) is 22.7 Å². The fourth-order valence-corrected chi connectivity index (χ4v) is 6.09. The lowest BCUT2D eigenvalue weighted by atomic mass is 9.76. The summed E-state index contributed by atoms with van der Waals surface area (Å²) in [5.74, 6) is -0.634. The van der Waals surface area contributed by atoms with Gasteiger partial charge in [0.05, 0.1) is 17.7 Å². The van der Waals surface area contributed by atoms with E-state index >= 15 is 4.39 Å². The lowest BCUT2D eigenvalue weighted by molar-refractivity contribution is -0.114. The van der Waals surface area contributed by atoms with Crippen molar-refractivity contribution in [1.29, 1.82) is 5.26 Å². The van der Waals surface area contributed by atoms with Gasteiger partial charge in [0.15, 0.2) is 0 Å². The zero-order valence-corrected chi connectivity index (χ0v) is 24.4. The van der Waals surface area contributed by atoms with Crippen molar-refractivity contribution < 1.29 is 14.0 Å². The lowest BCUT2D eigenvalue weighted by Crippen LogP contribution is -2.40. The first kappa shape index (κ1) is 29.1. The van der Waals surface area contributed by atoms with Gasteiger partial charge >= 0.3 is 0 Å². The maximum Gasteiger partial charge on any atom is 0.251 e. The fourth-order valence-electron chi connectivity index (χ4n) is 6.09. The number of halogens is 1. The van der Waals surface area contributed by atoms with Gasteiger partial charge in [0.2, 0.25) is 5.91 Å². The molecule has 0 spiro atoms. The predicted molar refractivity (Wildman–Crippen MR) is 163 cm³/mol. The minimum absolute atomic E-state index is 0.159. The molecule has 0 fully saturated rings. The molecular weight excluding hydrogens is 527 g/mol. The van der Waals surface area contributed by atoms with Crippen LogP contribution in [0.4, 0.5) is 10.1 Å². The Kier molecular flexibility index (Phi) is 8.17. The molecule has 1 aliphatic heterocycles. The van der Waals surface area contributed by atoms with E-state index in [-0.39, 0.29) is 23.7 Å². The molecule has 3 N–H and O–H groups in total. The SMILES string of the molecule is CC1C=C(C(N)=O)C(C2=CCC(C)(CN3CCCc4cc(C(=O)N[C@@H](C)c5ccc(C#N)cc5)ccc43)C(F)=C2)=CC1. The number of amides is 2. The van der Waals surface area contributed by atoms with E-state index in [1.807, 2.05) is 69.3 Å². The monoisotopic (exact) mass is 564 g/mol. The van der Waals surface area contributed by atoms with E-state index in [1.54, 1.807) is 18.2 Å². The molecule has 3 atom stereocenters. The van der Waals surface area contributed by atoms with Crippen LogP contribution < -0.4 is 16.0 Å². The largest absolute Gasteiger partial charge is 0.370 e. The summed E-state index contributed by atoms with van der Waals surface area (Å²) in [6.45, 7) is 7.20. The van der Waals surface area contributed by atoms with Gasteiger partial charge in [-0.05, 0) is 97.2 Å². The van der Waals surface area contributed by atoms with Crippen molar-refractivity contribution in [3.63, 3.8) is 0 Å². The van der Waals surface area contributed by atoms with E-state index in [0.717, 1.165) is 48.2 Å². The van der Waals surface area contributed by atoms with Crippen LogP contribution in [0.3, 0.4) is 0 Å². The number of hydrogen-bond donors (Lipinski definition) is 2. The average molecular weight is 565 g/mol. The van der Waals surface area contributed by atoms with E-state index in [2.05, 4.69) is 16.3 Å². The Morgan fingerprint density at radius 1 is 1.21 bits per heavy atom. The summed E-state index contributed by atoms with van der Waals surface area (Å²) in [6, 6.07) is 14.9. The first-order valence-corrected chi connectivity index (χ1v) is 14.6. The molecule has 0 saturated carbocycles. The Hall–Kier alpha value is -4.44. The summed E-state index contributed by atoms with van der Waals surface area (Å²) in [6.07, 6.45) is 10.5. The van der Waals surface area contributed by atoms with Gasteiger partial charge in [-0.3, -0.25) is 9.59 Å². The van der Waals surface area contributed by atoms with Crippen LogP contribution in [0.5, 0.6) is 0 Å². The molecular formula is C35H37FN4O2. The number of rotatable bonds is 7. The molecule has 2 amide bonds. The molecule has 42 heavy (non-hydrogen) atoms. The number of fused-ring (bicyclic) bond motifs is 1. The Morgan fingerprint density at radius 2 is 1.98 bits per heavy atom. The van der Waals surface area contributed by atoms with Crippen molar-refractivity contribution in [3.8, 4) is 6.07 Å². The van der Waals surface area contributed by atoms with Gasteiger partial charge in [-0.25, -0.2) is 4.39 Å². The minimum atomic E-state index is -0.718. The summed E-state index contributed by atoms with van der Waals surface area (Å²) in [5.41, 5.74) is 11.0. The van der Waals surface area contributed by atoms with Crippen LogP contribution in [0.25, 0.3) is 0 Å². The summed E-state index contributed by atoms with van der Waals surface area (Å²) >= 11 is 0. The highest BCUT2D eigenvalue weighted by Gasteiger charge is 2.36. The summed E-state index contributed by atoms with van der Waals surface area (Å²) in [5, 5.41) is 12.1. The topological polar surface area (TPSA) is 99.2 Å². The molecule has 6 nitrogen and oxygen atoms in total. The number of nitrogens with one attached hydrogen (secondary N) is 1. The first-order chi connectivity index (χ1) is 20.1. The molecule has 7 heteroatoms. The molecule has 5 rings (SSSR count). The van der Waals surface area contributed by atoms with Crippen LogP contribution in [0.2, 0.25) is 0 Å². The second-order valence-corrected chi connectivity index (χ2v) is 12.0. The summed E-state index contributed by atoms with van der Waals surface area (Å²) < 4.78 is 15.8. The van der Waals surface area contributed by atoms with E-state index in [4.69, 9.17) is 11.0 Å². The number of allylic oxidation sites excluding steroid dienone is 5. The number of anilines is 1. The van der Waals surface area contributed by atoms with E-state index in [9.17, 15) is 9.59 Å². The highest BCUT2D eigenvalue weighted by Crippen LogP contribution is 2.43. The molecule has 0 aromatic heterocycles. The third-order valence-electron chi connectivity index (χ3n) is 8.63. The molecule has 2 aromatic rings. The molecule has 2 aromatic carbocycles. The number of aryl methyl sites for hydroxylation is 1. The summed E-state index contributed by atoms with van der Waals surface area (Å²) in [7, 11) is 0. The Bertz CT molecular complexity index is 1580. The van der Waals surface area contributed by atoms with E-state index in [0.29, 0.717) is 35.2 Å². The fraction of sp³-hybridized carbons (Fsp3) is 0.343. The molecule has 3 aliphatic rings. The quantitative estimate of drug-likeness (QED) is 0.408. The number of carbonyl (C=O) groups excluding carboxylic acids is 2. The maximum absolute atomic E-state index is 15.8. The number of nitriles is 1. The van der Waals surface area contributed by atoms with Crippen molar-refractivity contribution in [3.05, 3.63) is 112 Å². The zero-order valence-electron chi connectivity index (χ0n) is 24.4. The molecule has 1 heterocycles. The van der Waals surface area contributed by atoms with Crippen molar-refractivity contribution in [2.45, 2.75) is 52.5 Å². The molecule has 2 aliphatic carbocycles. The third-order valence-corrected chi connectivity index (χ3v) is 8.63. The van der Waals surface area contributed by atoms with Crippen LogP contribution in [-0.4, -0.2) is 24.9 Å². The van der Waals surface area contributed by atoms with Gasteiger partial charge in [0.1, 0.15) is 5.83 Å². The predicted octanol–water partition coefficient (Wildman–Crippen LogP) is 6.37. The van der Waals surface area contributed by atoms with Gasteiger partial charge in [0, 0.05) is 35.3 Å². The smallest absolute Gasteiger partial charge is 0.251 e. The second kappa shape index (κ2) is 11.8. The van der Waals surface area contributed by atoms with Gasteiger partial charge in [-0.15, -0.1) is 0 Å². The normalized spacial score (nSPS) is 22.5. The van der Waals surface area contributed by atoms with Gasteiger partial charge in [0.25, 0.3) is 5.91 Å². The molecule has 216 valence electrons. The minimum Gasteiger partial charge on any atom is -0.370 e. The first-order valence-electron chi connectivity index (χ1n) is 14.6. The number of benzene rings is 2.